The van der Waals surface area contributed by atoms with Crippen LogP contribution in [0.5, 0.6) is 0 Å². The van der Waals surface area contributed by atoms with E-state index in [0.717, 1.165) is 41.5 Å². The van der Waals surface area contributed by atoms with Crippen LogP contribution in [-0.4, -0.2) is 65.4 Å². The largest absolute Gasteiger partial charge is 0.381 e. The van der Waals surface area contributed by atoms with Crippen LogP contribution in [0.3, 0.4) is 0 Å². The van der Waals surface area contributed by atoms with Crippen LogP contribution >= 0.6 is 0 Å². The lowest BCUT2D eigenvalue weighted by Crippen LogP contribution is -2.36. The molecule has 0 aromatic carbocycles. The van der Waals surface area contributed by atoms with Gasteiger partial charge >= 0.3 is 0 Å². The maximum Gasteiger partial charge on any atom is 0.203 e. The quantitative estimate of drug-likeness (QED) is 0.443. The lowest BCUT2D eigenvalue weighted by Gasteiger charge is -2.27. The Labute approximate surface area is 188 Å². The topological polar surface area (TPSA) is 125 Å². The maximum atomic E-state index is 6.21. The SMILES string of the molecule is Cc1nnc2c(N)nc(-c3nc4cnc(N5CCOCC5)cc4n3Cc3ccccn3)cn12. The number of fused-ring (bicyclic) bond motifs is 2. The molecule has 11 nitrogen and oxygen atoms in total. The molecular formula is C22H22N10O. The van der Waals surface area contributed by atoms with Crippen LogP contribution in [0.2, 0.25) is 0 Å². The molecule has 1 saturated heterocycles. The molecule has 0 atom stereocenters. The van der Waals surface area contributed by atoms with Gasteiger partial charge in [0.2, 0.25) is 5.65 Å². The van der Waals surface area contributed by atoms with Crippen LogP contribution in [-0.2, 0) is 11.3 Å². The first-order valence-corrected chi connectivity index (χ1v) is 10.7. The summed E-state index contributed by atoms with van der Waals surface area (Å²) in [7, 11) is 0. The third-order valence-electron chi connectivity index (χ3n) is 5.82. The van der Waals surface area contributed by atoms with Gasteiger partial charge in [0.05, 0.1) is 37.2 Å². The van der Waals surface area contributed by atoms with E-state index in [9.17, 15) is 0 Å². The highest BCUT2D eigenvalue weighted by Gasteiger charge is 2.20. The first-order chi connectivity index (χ1) is 16.2. The first kappa shape index (κ1) is 19.6. The third-order valence-corrected chi connectivity index (χ3v) is 5.82. The summed E-state index contributed by atoms with van der Waals surface area (Å²) in [4.78, 5) is 20.9. The summed E-state index contributed by atoms with van der Waals surface area (Å²) in [5, 5.41) is 8.23. The molecule has 5 aromatic rings. The number of nitrogen functional groups attached to an aromatic ring is 1. The highest BCUT2D eigenvalue weighted by Crippen LogP contribution is 2.28. The summed E-state index contributed by atoms with van der Waals surface area (Å²) in [5.41, 5.74) is 10.0. The zero-order valence-corrected chi connectivity index (χ0v) is 18.1. The molecule has 1 aliphatic rings. The zero-order chi connectivity index (χ0) is 22.4. The van der Waals surface area contributed by atoms with Gasteiger partial charge in [0.1, 0.15) is 22.9 Å². The van der Waals surface area contributed by atoms with Crippen LogP contribution in [0.25, 0.3) is 28.2 Å². The summed E-state index contributed by atoms with van der Waals surface area (Å²) >= 11 is 0. The summed E-state index contributed by atoms with van der Waals surface area (Å²) in [6.45, 7) is 5.40. The number of hydrogen-bond acceptors (Lipinski definition) is 9. The van der Waals surface area contributed by atoms with E-state index < -0.39 is 0 Å². The van der Waals surface area contributed by atoms with E-state index in [-0.39, 0.29) is 0 Å². The van der Waals surface area contributed by atoms with Gasteiger partial charge in [-0.15, -0.1) is 10.2 Å². The van der Waals surface area contributed by atoms with E-state index in [1.807, 2.05) is 41.9 Å². The van der Waals surface area contributed by atoms with Crippen LogP contribution < -0.4 is 10.6 Å². The fourth-order valence-electron chi connectivity index (χ4n) is 4.13. The number of rotatable bonds is 4. The lowest BCUT2D eigenvalue weighted by atomic mass is 10.3. The Kier molecular flexibility index (Phi) is 4.61. The van der Waals surface area contributed by atoms with E-state index in [2.05, 4.69) is 40.7 Å². The highest BCUT2D eigenvalue weighted by molar-refractivity contribution is 5.82. The smallest absolute Gasteiger partial charge is 0.203 e. The number of nitrogens with zero attached hydrogens (tertiary/aromatic N) is 9. The zero-order valence-electron chi connectivity index (χ0n) is 18.1. The van der Waals surface area contributed by atoms with Gasteiger partial charge in [-0.3, -0.25) is 9.38 Å². The predicted octanol–water partition coefficient (Wildman–Crippen LogP) is 1.71. The number of pyridine rings is 2. The minimum Gasteiger partial charge on any atom is -0.381 e. The van der Waals surface area contributed by atoms with E-state index >= 15 is 0 Å². The van der Waals surface area contributed by atoms with Crippen LogP contribution in [0, 0.1) is 6.92 Å². The Morgan fingerprint density at radius 1 is 1.09 bits per heavy atom. The van der Waals surface area contributed by atoms with Crippen molar-refractivity contribution in [3.8, 4) is 11.5 Å². The van der Waals surface area contributed by atoms with Crippen molar-refractivity contribution in [2.75, 3.05) is 36.9 Å². The molecule has 1 aliphatic heterocycles. The van der Waals surface area contributed by atoms with E-state index in [1.165, 1.54) is 0 Å². The third kappa shape index (κ3) is 3.42. The lowest BCUT2D eigenvalue weighted by molar-refractivity contribution is 0.122. The molecule has 0 saturated carbocycles. The molecule has 11 heteroatoms. The molecular weight excluding hydrogens is 420 g/mol. The monoisotopic (exact) mass is 442 g/mol. The van der Waals surface area contributed by atoms with Crippen molar-refractivity contribution in [1.29, 1.82) is 0 Å². The maximum absolute atomic E-state index is 6.21. The Morgan fingerprint density at radius 2 is 1.97 bits per heavy atom. The summed E-state index contributed by atoms with van der Waals surface area (Å²) in [5.74, 6) is 2.61. The number of hydrogen-bond donors (Lipinski definition) is 1. The van der Waals surface area contributed by atoms with Gasteiger partial charge in [-0.05, 0) is 19.1 Å². The molecule has 0 amide bonds. The number of aromatic nitrogens is 8. The number of imidazole rings is 1. The van der Waals surface area contributed by atoms with Gasteiger partial charge in [0.25, 0.3) is 0 Å². The normalized spacial score (nSPS) is 14.4. The molecule has 6 heterocycles. The number of morpholine rings is 1. The molecule has 0 aliphatic carbocycles. The number of aryl methyl sites for hydroxylation is 1. The standard InChI is InChI=1S/C22H22N10O/c1-14-28-29-22-20(23)26-17(13-31(14)22)21-27-16-11-25-19(30-6-8-33-9-7-30)10-18(16)32(21)12-15-4-2-3-5-24-15/h2-5,10-11,13H,6-9,12H2,1H3,(H2,23,26). The first-order valence-electron chi connectivity index (χ1n) is 10.7. The summed E-state index contributed by atoms with van der Waals surface area (Å²) in [6, 6.07) is 7.95. The van der Waals surface area contributed by atoms with Crippen molar-refractivity contribution in [3.05, 3.63) is 54.4 Å². The van der Waals surface area contributed by atoms with E-state index in [0.29, 0.717) is 42.7 Å². The van der Waals surface area contributed by atoms with Crippen molar-refractivity contribution in [2.24, 2.45) is 0 Å². The molecule has 0 bridgehead atoms. The second-order valence-corrected chi connectivity index (χ2v) is 7.93. The van der Waals surface area contributed by atoms with Crippen molar-refractivity contribution in [3.63, 3.8) is 0 Å². The van der Waals surface area contributed by atoms with Gasteiger partial charge in [-0.2, -0.15) is 0 Å². The Bertz CT molecular complexity index is 1450. The minimum absolute atomic E-state index is 0.302. The van der Waals surface area contributed by atoms with E-state index in [1.54, 1.807) is 6.20 Å². The molecule has 0 spiro atoms. The fraction of sp³-hybridized carbons (Fsp3) is 0.273. The minimum atomic E-state index is 0.302. The highest BCUT2D eigenvalue weighted by atomic mass is 16.5. The van der Waals surface area contributed by atoms with Crippen LogP contribution in [0.1, 0.15) is 11.5 Å². The van der Waals surface area contributed by atoms with Crippen molar-refractivity contribution < 1.29 is 4.74 Å². The molecule has 5 aromatic heterocycles. The molecule has 1 fully saturated rings. The fourth-order valence-corrected chi connectivity index (χ4v) is 4.13. The molecule has 2 N–H and O–H groups in total. The molecule has 166 valence electrons. The van der Waals surface area contributed by atoms with Gasteiger partial charge < -0.3 is 19.9 Å². The van der Waals surface area contributed by atoms with Gasteiger partial charge in [-0.1, -0.05) is 6.07 Å². The predicted molar refractivity (Wildman–Crippen MR) is 123 cm³/mol. The van der Waals surface area contributed by atoms with Crippen LogP contribution in [0.4, 0.5) is 11.6 Å². The molecule has 6 rings (SSSR count). The average Bonchev–Trinajstić information content (AvgIpc) is 3.41. The average molecular weight is 442 g/mol. The molecule has 0 radical (unpaired) electrons. The van der Waals surface area contributed by atoms with E-state index in [4.69, 9.17) is 15.5 Å². The molecule has 33 heavy (non-hydrogen) atoms. The van der Waals surface area contributed by atoms with Gasteiger partial charge in [-0.25, -0.2) is 15.0 Å². The second kappa shape index (κ2) is 7.78. The summed E-state index contributed by atoms with van der Waals surface area (Å²) in [6.07, 6.45) is 5.47. The van der Waals surface area contributed by atoms with Gasteiger partial charge in [0, 0.05) is 31.5 Å². The Balaban J connectivity index is 1.54. The molecule has 0 unspecified atom stereocenters. The van der Waals surface area contributed by atoms with Crippen LogP contribution in [0.15, 0.2) is 42.9 Å². The van der Waals surface area contributed by atoms with Crippen molar-refractivity contribution in [2.45, 2.75) is 13.5 Å². The second-order valence-electron chi connectivity index (χ2n) is 7.93. The summed E-state index contributed by atoms with van der Waals surface area (Å²) < 4.78 is 9.44. The van der Waals surface area contributed by atoms with Crippen molar-refractivity contribution >= 4 is 28.3 Å². The number of nitrogens with two attached hydrogens (primary N) is 1. The van der Waals surface area contributed by atoms with Gasteiger partial charge in [0.15, 0.2) is 11.6 Å². The Morgan fingerprint density at radius 3 is 2.79 bits per heavy atom. The number of ether oxygens (including phenoxy) is 1. The number of anilines is 2. The Hall–Kier alpha value is -4.12. The van der Waals surface area contributed by atoms with Crippen molar-refractivity contribution in [1.82, 2.24) is 39.1 Å².